The molecule has 0 saturated carbocycles. The summed E-state index contributed by atoms with van der Waals surface area (Å²) in [5, 5.41) is 4.20. The number of nitrogens with one attached hydrogen (secondary N) is 1. The minimum absolute atomic E-state index is 0.0929. The molecule has 0 aromatic heterocycles. The van der Waals surface area contributed by atoms with Crippen LogP contribution in [-0.4, -0.2) is 0 Å². The molecule has 98 valence electrons. The molecule has 1 unspecified atom stereocenters. The Morgan fingerprint density at radius 1 is 1.26 bits per heavy atom. The van der Waals surface area contributed by atoms with Crippen LogP contribution < -0.4 is 5.32 Å². The van der Waals surface area contributed by atoms with Crippen molar-refractivity contribution >= 4 is 17.3 Å². The predicted molar refractivity (Wildman–Crippen MR) is 77.3 cm³/mol. The Labute approximate surface area is 117 Å². The Balaban J connectivity index is 1.91. The van der Waals surface area contributed by atoms with Crippen molar-refractivity contribution in [3.8, 4) is 0 Å². The maximum atomic E-state index is 13.7. The first-order valence-electron chi connectivity index (χ1n) is 6.45. The van der Waals surface area contributed by atoms with E-state index in [1.54, 1.807) is 6.07 Å². The Hall–Kier alpha value is -1.54. The average molecular weight is 276 g/mol. The van der Waals surface area contributed by atoms with Crippen molar-refractivity contribution in [3.05, 3.63) is 63.9 Å². The van der Waals surface area contributed by atoms with Gasteiger partial charge in [0.1, 0.15) is 5.82 Å². The number of benzene rings is 2. The molecule has 1 aliphatic carbocycles. The van der Waals surface area contributed by atoms with Gasteiger partial charge in [-0.15, -0.1) is 0 Å². The molecule has 0 saturated heterocycles. The molecule has 0 aliphatic heterocycles. The van der Waals surface area contributed by atoms with Gasteiger partial charge in [-0.05, 0) is 54.7 Å². The van der Waals surface area contributed by atoms with Crippen molar-refractivity contribution in [1.29, 1.82) is 0 Å². The van der Waals surface area contributed by atoms with Crippen LogP contribution in [0.3, 0.4) is 0 Å². The largest absolute Gasteiger partial charge is 0.378 e. The molecule has 0 bridgehead atoms. The summed E-state index contributed by atoms with van der Waals surface area (Å²) < 4.78 is 13.7. The molecule has 0 fully saturated rings. The third-order valence-electron chi connectivity index (χ3n) is 3.74. The molecule has 1 nitrogen and oxygen atoms in total. The quantitative estimate of drug-likeness (QED) is 0.823. The maximum Gasteiger partial charge on any atom is 0.126 e. The molecule has 1 N–H and O–H groups in total. The summed E-state index contributed by atoms with van der Waals surface area (Å²) in [6.45, 7) is 2.04. The van der Waals surface area contributed by atoms with E-state index in [1.807, 2.05) is 31.2 Å². The molecular weight excluding hydrogens is 261 g/mol. The molecule has 19 heavy (non-hydrogen) atoms. The first-order valence-corrected chi connectivity index (χ1v) is 6.83. The van der Waals surface area contributed by atoms with E-state index in [9.17, 15) is 4.39 Å². The monoisotopic (exact) mass is 275 g/mol. The van der Waals surface area contributed by atoms with Gasteiger partial charge in [-0.25, -0.2) is 4.39 Å². The maximum absolute atomic E-state index is 13.7. The Morgan fingerprint density at radius 2 is 2.11 bits per heavy atom. The lowest BCUT2D eigenvalue weighted by molar-refractivity contribution is 0.612. The Morgan fingerprint density at radius 3 is 2.95 bits per heavy atom. The highest BCUT2D eigenvalue weighted by atomic mass is 35.5. The van der Waals surface area contributed by atoms with Crippen LogP contribution in [0.15, 0.2) is 36.4 Å². The second-order valence-corrected chi connectivity index (χ2v) is 5.44. The fourth-order valence-corrected chi connectivity index (χ4v) is 2.87. The van der Waals surface area contributed by atoms with Crippen molar-refractivity contribution in [1.82, 2.24) is 0 Å². The zero-order valence-electron chi connectivity index (χ0n) is 10.7. The van der Waals surface area contributed by atoms with Crippen molar-refractivity contribution in [2.24, 2.45) is 0 Å². The topological polar surface area (TPSA) is 12.0 Å². The highest BCUT2D eigenvalue weighted by Gasteiger charge is 2.24. The van der Waals surface area contributed by atoms with Crippen LogP contribution >= 0.6 is 11.6 Å². The summed E-state index contributed by atoms with van der Waals surface area (Å²) in [5.74, 6) is -0.0929. The number of halogens is 2. The van der Waals surface area contributed by atoms with E-state index in [-0.39, 0.29) is 11.9 Å². The lowest BCUT2D eigenvalue weighted by Crippen LogP contribution is -2.08. The summed E-state index contributed by atoms with van der Waals surface area (Å²) in [7, 11) is 0. The van der Waals surface area contributed by atoms with Gasteiger partial charge in [0.2, 0.25) is 0 Å². The fourth-order valence-electron chi connectivity index (χ4n) is 2.70. The molecule has 2 aromatic rings. The number of hydrogen-bond donors (Lipinski definition) is 1. The van der Waals surface area contributed by atoms with Gasteiger partial charge in [-0.2, -0.15) is 0 Å². The van der Waals surface area contributed by atoms with Crippen LogP contribution in [0.2, 0.25) is 5.02 Å². The van der Waals surface area contributed by atoms with Gasteiger partial charge in [-0.3, -0.25) is 0 Å². The molecule has 3 heteroatoms. The lowest BCUT2D eigenvalue weighted by Gasteiger charge is -2.17. The summed E-state index contributed by atoms with van der Waals surface area (Å²) >= 11 is 6.03. The third kappa shape index (κ3) is 2.33. The summed E-state index contributed by atoms with van der Waals surface area (Å²) in [4.78, 5) is 0. The molecule has 0 heterocycles. The van der Waals surface area contributed by atoms with Gasteiger partial charge in [-0.1, -0.05) is 29.8 Å². The van der Waals surface area contributed by atoms with E-state index in [2.05, 4.69) is 5.32 Å². The minimum Gasteiger partial charge on any atom is -0.378 e. The first kappa shape index (κ1) is 12.5. The van der Waals surface area contributed by atoms with Gasteiger partial charge in [0, 0.05) is 10.7 Å². The normalized spacial score (nSPS) is 17.3. The molecule has 0 spiro atoms. The van der Waals surface area contributed by atoms with Crippen LogP contribution in [0.1, 0.15) is 29.2 Å². The van der Waals surface area contributed by atoms with Crippen molar-refractivity contribution in [3.63, 3.8) is 0 Å². The van der Waals surface area contributed by atoms with E-state index in [0.29, 0.717) is 5.02 Å². The van der Waals surface area contributed by atoms with Gasteiger partial charge in [0.15, 0.2) is 0 Å². The van der Waals surface area contributed by atoms with Gasteiger partial charge >= 0.3 is 0 Å². The van der Waals surface area contributed by atoms with Crippen LogP contribution in [0.25, 0.3) is 0 Å². The molecular formula is C16H15ClFN. The van der Waals surface area contributed by atoms with Crippen LogP contribution in [0.5, 0.6) is 0 Å². The molecule has 0 radical (unpaired) electrons. The highest BCUT2D eigenvalue weighted by Crippen LogP contribution is 2.36. The number of anilines is 1. The molecule has 1 atom stereocenters. The van der Waals surface area contributed by atoms with Crippen molar-refractivity contribution < 1.29 is 4.39 Å². The summed E-state index contributed by atoms with van der Waals surface area (Å²) in [6.07, 6.45) is 1.71. The zero-order valence-corrected chi connectivity index (χ0v) is 11.5. The number of rotatable bonds is 2. The SMILES string of the molecule is Cc1ccc(Cl)cc1NC1CCc2c(F)cccc21. The van der Waals surface area contributed by atoms with Crippen LogP contribution in [0, 0.1) is 12.7 Å². The van der Waals surface area contributed by atoms with Gasteiger partial charge in [0.25, 0.3) is 0 Å². The minimum atomic E-state index is -0.0929. The Kier molecular flexibility index (Phi) is 3.19. The summed E-state index contributed by atoms with van der Waals surface area (Å²) in [6, 6.07) is 11.3. The smallest absolute Gasteiger partial charge is 0.126 e. The van der Waals surface area contributed by atoms with E-state index in [4.69, 9.17) is 11.6 Å². The molecule has 0 amide bonds. The van der Waals surface area contributed by atoms with Crippen molar-refractivity contribution in [2.45, 2.75) is 25.8 Å². The second-order valence-electron chi connectivity index (χ2n) is 5.00. The lowest BCUT2D eigenvalue weighted by atomic mass is 10.1. The number of aryl methyl sites for hydroxylation is 1. The van der Waals surface area contributed by atoms with E-state index < -0.39 is 0 Å². The van der Waals surface area contributed by atoms with E-state index in [1.165, 1.54) is 6.07 Å². The van der Waals surface area contributed by atoms with Gasteiger partial charge in [0.05, 0.1) is 6.04 Å². The Bertz CT molecular complexity index is 624. The highest BCUT2D eigenvalue weighted by molar-refractivity contribution is 6.30. The second kappa shape index (κ2) is 4.86. The van der Waals surface area contributed by atoms with E-state index in [0.717, 1.165) is 35.2 Å². The average Bonchev–Trinajstić information content (AvgIpc) is 2.79. The van der Waals surface area contributed by atoms with Crippen LogP contribution in [-0.2, 0) is 6.42 Å². The predicted octanol–water partition coefficient (Wildman–Crippen LogP) is 4.89. The number of hydrogen-bond acceptors (Lipinski definition) is 1. The van der Waals surface area contributed by atoms with Crippen LogP contribution in [0.4, 0.5) is 10.1 Å². The number of fused-ring (bicyclic) bond motifs is 1. The third-order valence-corrected chi connectivity index (χ3v) is 3.98. The van der Waals surface area contributed by atoms with Crippen molar-refractivity contribution in [2.75, 3.05) is 5.32 Å². The molecule has 2 aromatic carbocycles. The van der Waals surface area contributed by atoms with Gasteiger partial charge < -0.3 is 5.32 Å². The fraction of sp³-hybridized carbons (Fsp3) is 0.250. The molecule has 3 rings (SSSR count). The van der Waals surface area contributed by atoms with E-state index >= 15 is 0 Å². The summed E-state index contributed by atoms with van der Waals surface area (Å²) in [5.41, 5.74) is 4.09. The molecule has 1 aliphatic rings. The first-order chi connectivity index (χ1) is 9.15. The zero-order chi connectivity index (χ0) is 13.4. The standard InChI is InChI=1S/C16H15ClFN/c1-10-5-6-11(17)9-16(10)19-15-8-7-12-13(15)3-2-4-14(12)18/h2-6,9,15,19H,7-8H2,1H3.